The van der Waals surface area contributed by atoms with E-state index in [4.69, 9.17) is 5.73 Å². The van der Waals surface area contributed by atoms with Crippen LogP contribution in [-0.4, -0.2) is 29.9 Å². The molecule has 21 heavy (non-hydrogen) atoms. The summed E-state index contributed by atoms with van der Waals surface area (Å²) in [5.74, 6) is 0.403. The van der Waals surface area contributed by atoms with Crippen LogP contribution in [0.3, 0.4) is 0 Å². The number of piperidine rings is 1. The minimum atomic E-state index is -3.42. The Morgan fingerprint density at radius 3 is 2.71 bits per heavy atom. The lowest BCUT2D eigenvalue weighted by molar-refractivity contribution is 0.202. The van der Waals surface area contributed by atoms with Gasteiger partial charge in [0.25, 0.3) is 0 Å². The van der Waals surface area contributed by atoms with Crippen molar-refractivity contribution in [1.82, 2.24) is 8.87 Å². The zero-order valence-electron chi connectivity index (χ0n) is 13.2. The van der Waals surface area contributed by atoms with E-state index in [1.165, 1.54) is 0 Å². The molecule has 0 bridgehead atoms. The third-order valence-electron chi connectivity index (χ3n) is 4.56. The molecular formula is C15H27N3O2S. The van der Waals surface area contributed by atoms with Gasteiger partial charge in [-0.2, -0.15) is 4.31 Å². The molecule has 6 heteroatoms. The highest BCUT2D eigenvalue weighted by Gasteiger charge is 2.35. The number of aryl methyl sites for hydroxylation is 1. The number of aromatic nitrogens is 1. The van der Waals surface area contributed by atoms with Crippen LogP contribution in [0.2, 0.25) is 0 Å². The number of sulfonamides is 1. The maximum absolute atomic E-state index is 12.9. The lowest BCUT2D eigenvalue weighted by Gasteiger charge is -2.36. The lowest BCUT2D eigenvalue weighted by atomic mass is 9.94. The molecule has 1 saturated heterocycles. The number of hydrogen-bond donors (Lipinski definition) is 1. The maximum atomic E-state index is 12.9. The Kier molecular flexibility index (Phi) is 5.11. The monoisotopic (exact) mass is 313 g/mol. The average molecular weight is 313 g/mol. The van der Waals surface area contributed by atoms with Gasteiger partial charge in [-0.25, -0.2) is 8.42 Å². The van der Waals surface area contributed by atoms with Gasteiger partial charge in [0.2, 0.25) is 10.0 Å². The van der Waals surface area contributed by atoms with E-state index in [2.05, 4.69) is 13.8 Å². The third kappa shape index (κ3) is 3.17. The Morgan fingerprint density at radius 2 is 2.10 bits per heavy atom. The second-order valence-corrected chi connectivity index (χ2v) is 7.93. The van der Waals surface area contributed by atoms with E-state index in [-0.39, 0.29) is 6.04 Å². The molecule has 1 aliphatic heterocycles. The molecule has 0 amide bonds. The summed E-state index contributed by atoms with van der Waals surface area (Å²) in [6, 6.07) is 1.79. The molecule has 1 fully saturated rings. The van der Waals surface area contributed by atoms with E-state index in [0.717, 1.165) is 31.5 Å². The van der Waals surface area contributed by atoms with Crippen LogP contribution < -0.4 is 5.73 Å². The van der Waals surface area contributed by atoms with Crippen LogP contribution >= 0.6 is 0 Å². The molecule has 0 aliphatic carbocycles. The summed E-state index contributed by atoms with van der Waals surface area (Å²) in [6.45, 7) is 7.98. The van der Waals surface area contributed by atoms with Crippen molar-refractivity contribution >= 4 is 10.0 Å². The van der Waals surface area contributed by atoms with Crippen molar-refractivity contribution in [3.05, 3.63) is 18.0 Å². The van der Waals surface area contributed by atoms with Gasteiger partial charge in [0, 0.05) is 37.6 Å². The Labute approximate surface area is 128 Å². The molecule has 2 rings (SSSR count). The summed E-state index contributed by atoms with van der Waals surface area (Å²) in [5.41, 5.74) is 6.62. The minimum absolute atomic E-state index is 0.0552. The molecule has 0 saturated carbocycles. The zero-order chi connectivity index (χ0) is 15.6. The fraction of sp³-hybridized carbons (Fsp3) is 0.733. The third-order valence-corrected chi connectivity index (χ3v) is 6.51. The van der Waals surface area contributed by atoms with Crippen molar-refractivity contribution in [2.24, 2.45) is 11.7 Å². The number of nitrogens with two attached hydrogens (primary N) is 1. The number of rotatable bonds is 5. The van der Waals surface area contributed by atoms with Crippen LogP contribution in [0.15, 0.2) is 17.2 Å². The van der Waals surface area contributed by atoms with Crippen LogP contribution in [0, 0.1) is 5.92 Å². The van der Waals surface area contributed by atoms with Crippen molar-refractivity contribution in [2.75, 3.05) is 6.54 Å². The predicted molar refractivity (Wildman–Crippen MR) is 84.4 cm³/mol. The summed E-state index contributed by atoms with van der Waals surface area (Å²) in [4.78, 5) is 0.386. The van der Waals surface area contributed by atoms with Crippen LogP contribution in [0.4, 0.5) is 0 Å². The van der Waals surface area contributed by atoms with Crippen molar-refractivity contribution in [3.63, 3.8) is 0 Å². The molecule has 0 aromatic carbocycles. The molecule has 2 heterocycles. The van der Waals surface area contributed by atoms with Gasteiger partial charge in [-0.3, -0.25) is 0 Å². The predicted octanol–water partition coefficient (Wildman–Crippen LogP) is 2.17. The fourth-order valence-electron chi connectivity index (χ4n) is 3.06. The standard InChI is InChI=1S/C15H27N3O2S/c1-4-7-17-11-15(9-14(17)10-16)21(19,20)18-8-5-6-12(2)13(18)3/h9,11-13H,4-8,10,16H2,1-3H3. The molecule has 1 aromatic heterocycles. The van der Waals surface area contributed by atoms with E-state index in [1.807, 2.05) is 11.5 Å². The van der Waals surface area contributed by atoms with Gasteiger partial charge in [-0.1, -0.05) is 13.8 Å². The first-order chi connectivity index (χ1) is 9.91. The topological polar surface area (TPSA) is 68.3 Å². The Bertz CT molecular complexity index is 580. The van der Waals surface area contributed by atoms with Gasteiger partial charge < -0.3 is 10.3 Å². The Hall–Kier alpha value is -0.850. The van der Waals surface area contributed by atoms with Crippen LogP contribution in [0.1, 0.15) is 45.7 Å². The second kappa shape index (κ2) is 6.50. The van der Waals surface area contributed by atoms with E-state index < -0.39 is 10.0 Å². The fourth-order valence-corrected chi connectivity index (χ4v) is 4.89. The molecule has 1 aliphatic rings. The molecule has 0 spiro atoms. The van der Waals surface area contributed by atoms with Crippen LogP contribution in [-0.2, 0) is 23.1 Å². The van der Waals surface area contributed by atoms with E-state index in [0.29, 0.717) is 23.9 Å². The summed E-state index contributed by atoms with van der Waals surface area (Å²) < 4.78 is 29.4. The van der Waals surface area contributed by atoms with Crippen molar-refractivity contribution in [1.29, 1.82) is 0 Å². The molecule has 5 nitrogen and oxygen atoms in total. The quantitative estimate of drug-likeness (QED) is 0.906. The van der Waals surface area contributed by atoms with E-state index in [1.54, 1.807) is 16.6 Å². The SMILES string of the molecule is CCCn1cc(S(=O)(=O)N2CCCC(C)C2C)cc1CN. The number of nitrogens with zero attached hydrogens (tertiary/aromatic N) is 2. The largest absolute Gasteiger partial charge is 0.349 e. The Morgan fingerprint density at radius 1 is 1.38 bits per heavy atom. The summed E-state index contributed by atoms with van der Waals surface area (Å²) in [7, 11) is -3.42. The average Bonchev–Trinajstić information content (AvgIpc) is 2.86. The summed E-state index contributed by atoms with van der Waals surface area (Å²) >= 11 is 0. The number of hydrogen-bond acceptors (Lipinski definition) is 3. The van der Waals surface area contributed by atoms with Gasteiger partial charge in [0.05, 0.1) is 0 Å². The smallest absolute Gasteiger partial charge is 0.244 e. The molecular weight excluding hydrogens is 286 g/mol. The zero-order valence-corrected chi connectivity index (χ0v) is 14.1. The van der Waals surface area contributed by atoms with Gasteiger partial charge in [-0.15, -0.1) is 0 Å². The second-order valence-electron chi connectivity index (χ2n) is 6.04. The maximum Gasteiger partial charge on any atom is 0.244 e. The minimum Gasteiger partial charge on any atom is -0.349 e. The highest BCUT2D eigenvalue weighted by Crippen LogP contribution is 2.29. The Balaban J connectivity index is 2.35. The van der Waals surface area contributed by atoms with Gasteiger partial charge in [0.1, 0.15) is 4.90 Å². The lowest BCUT2D eigenvalue weighted by Crippen LogP contribution is -2.45. The molecule has 2 unspecified atom stereocenters. The molecule has 2 atom stereocenters. The van der Waals surface area contributed by atoms with Gasteiger partial charge in [0.15, 0.2) is 0 Å². The summed E-state index contributed by atoms with van der Waals surface area (Å²) in [6.07, 6.45) is 4.73. The highest BCUT2D eigenvalue weighted by molar-refractivity contribution is 7.89. The molecule has 120 valence electrons. The van der Waals surface area contributed by atoms with E-state index in [9.17, 15) is 8.42 Å². The molecule has 2 N–H and O–H groups in total. The van der Waals surface area contributed by atoms with Crippen molar-refractivity contribution in [2.45, 2.75) is 64.1 Å². The van der Waals surface area contributed by atoms with Crippen LogP contribution in [0.5, 0.6) is 0 Å². The highest BCUT2D eigenvalue weighted by atomic mass is 32.2. The normalized spacial score (nSPS) is 24.4. The van der Waals surface area contributed by atoms with Gasteiger partial charge in [-0.05, 0) is 38.2 Å². The van der Waals surface area contributed by atoms with Crippen LogP contribution in [0.25, 0.3) is 0 Å². The molecule has 0 radical (unpaired) electrons. The first kappa shape index (κ1) is 16.5. The first-order valence-electron chi connectivity index (χ1n) is 7.82. The van der Waals surface area contributed by atoms with Crippen molar-refractivity contribution < 1.29 is 8.42 Å². The van der Waals surface area contributed by atoms with E-state index >= 15 is 0 Å². The van der Waals surface area contributed by atoms with Gasteiger partial charge >= 0.3 is 0 Å². The summed E-state index contributed by atoms with van der Waals surface area (Å²) in [5, 5.41) is 0. The first-order valence-corrected chi connectivity index (χ1v) is 9.26. The van der Waals surface area contributed by atoms with Crippen molar-refractivity contribution in [3.8, 4) is 0 Å². The molecule has 1 aromatic rings.